The van der Waals surface area contributed by atoms with Gasteiger partial charge in [0.15, 0.2) is 0 Å². The number of rotatable bonds is 2. The van der Waals surface area contributed by atoms with E-state index in [2.05, 4.69) is 52.6 Å². The normalized spacial score (nSPS) is 12.0. The number of aromatic hydroxyl groups is 1. The maximum atomic E-state index is 10.8. The van der Waals surface area contributed by atoms with Crippen LogP contribution in [-0.2, 0) is 10.8 Å². The molecule has 0 heterocycles. The number of aliphatic imine (C=N–C) groups is 1. The second-order valence-electron chi connectivity index (χ2n) is 8.51. The van der Waals surface area contributed by atoms with Gasteiger partial charge in [0.2, 0.25) is 0 Å². The molecule has 26 heavy (non-hydrogen) atoms. The van der Waals surface area contributed by atoms with Crippen molar-refractivity contribution < 1.29 is 5.11 Å². The largest absolute Gasteiger partial charge is 0.507 e. The Labute approximate surface area is 160 Å². The van der Waals surface area contributed by atoms with E-state index in [9.17, 15) is 5.11 Å². The molecule has 0 atom stereocenters. The average Bonchev–Trinajstić information content (AvgIpc) is 2.55. The summed E-state index contributed by atoms with van der Waals surface area (Å²) in [7, 11) is 0. The fourth-order valence-corrected chi connectivity index (χ4v) is 2.61. The number of hydrogen-bond donors (Lipinski definition) is 1. The Morgan fingerprint density at radius 1 is 0.885 bits per heavy atom. The molecule has 0 aliphatic rings. The predicted octanol–water partition coefficient (Wildman–Crippen LogP) is 7.07. The van der Waals surface area contributed by atoms with E-state index in [0.29, 0.717) is 5.75 Å². The molecule has 0 radical (unpaired) electrons. The highest BCUT2D eigenvalue weighted by molar-refractivity contribution is 5.87. The number of aryl methyl sites for hydroxylation is 1. The van der Waals surface area contributed by atoms with E-state index >= 15 is 0 Å². The molecular formula is C24H35NO. The van der Waals surface area contributed by atoms with Gasteiger partial charge < -0.3 is 5.11 Å². The third kappa shape index (κ3) is 5.45. The summed E-state index contributed by atoms with van der Waals surface area (Å²) in [4.78, 5) is 4.60. The van der Waals surface area contributed by atoms with Crippen LogP contribution in [0.4, 0.5) is 5.69 Å². The van der Waals surface area contributed by atoms with E-state index < -0.39 is 0 Å². The minimum atomic E-state index is -0.128. The van der Waals surface area contributed by atoms with E-state index in [0.717, 1.165) is 22.4 Å². The molecule has 0 unspecified atom stereocenters. The van der Waals surface area contributed by atoms with E-state index in [4.69, 9.17) is 0 Å². The van der Waals surface area contributed by atoms with Crippen molar-refractivity contribution in [2.75, 3.05) is 0 Å². The molecule has 0 saturated carbocycles. The summed E-state index contributed by atoms with van der Waals surface area (Å²) in [5.74, 6) is 0.327. The zero-order chi connectivity index (χ0) is 20.1. The molecule has 0 aliphatic carbocycles. The summed E-state index contributed by atoms with van der Waals surface area (Å²) in [6.45, 7) is 19.0. The van der Waals surface area contributed by atoms with Crippen LogP contribution in [0.1, 0.15) is 77.6 Å². The number of para-hydroxylation sites is 1. The van der Waals surface area contributed by atoms with E-state index in [1.165, 1.54) is 5.56 Å². The lowest BCUT2D eigenvalue weighted by Crippen LogP contribution is -2.17. The molecule has 0 fully saturated rings. The van der Waals surface area contributed by atoms with Gasteiger partial charge in [0, 0.05) is 17.3 Å². The zero-order valence-electron chi connectivity index (χ0n) is 17.9. The lowest BCUT2D eigenvalue weighted by molar-refractivity contribution is 0.444. The third-order valence-corrected chi connectivity index (χ3v) is 4.27. The lowest BCUT2D eigenvalue weighted by atomic mass is 9.79. The highest BCUT2D eigenvalue weighted by Crippen LogP contribution is 2.37. The van der Waals surface area contributed by atoms with Crippen molar-refractivity contribution in [1.82, 2.24) is 0 Å². The highest BCUT2D eigenvalue weighted by Gasteiger charge is 2.24. The van der Waals surface area contributed by atoms with Crippen LogP contribution in [0.5, 0.6) is 5.75 Å². The van der Waals surface area contributed by atoms with Crippen molar-refractivity contribution >= 4 is 11.9 Å². The second kappa shape index (κ2) is 8.53. The fourth-order valence-electron chi connectivity index (χ4n) is 2.61. The molecule has 2 rings (SSSR count). The quantitative estimate of drug-likeness (QED) is 0.575. The SMILES string of the molecule is CC.Cc1ccccc1N=Cc1cc(C(C)(C)C)cc(C(C)(C)C)c1O. The monoisotopic (exact) mass is 353 g/mol. The second-order valence-corrected chi connectivity index (χ2v) is 8.51. The first-order valence-corrected chi connectivity index (χ1v) is 9.48. The summed E-state index contributed by atoms with van der Waals surface area (Å²) in [5.41, 5.74) is 4.87. The Bertz CT molecular complexity index is 759. The number of benzene rings is 2. The first-order valence-electron chi connectivity index (χ1n) is 9.48. The van der Waals surface area contributed by atoms with Crippen molar-refractivity contribution in [3.05, 3.63) is 58.7 Å². The predicted molar refractivity (Wildman–Crippen MR) is 115 cm³/mol. The number of phenolic OH excluding ortho intramolecular Hbond substituents is 1. The van der Waals surface area contributed by atoms with Gasteiger partial charge in [-0.2, -0.15) is 0 Å². The van der Waals surface area contributed by atoms with Crippen LogP contribution in [0, 0.1) is 6.92 Å². The molecule has 2 heteroatoms. The van der Waals surface area contributed by atoms with E-state index in [1.807, 2.05) is 51.1 Å². The number of phenols is 1. The maximum absolute atomic E-state index is 10.8. The van der Waals surface area contributed by atoms with E-state index in [-0.39, 0.29) is 10.8 Å². The van der Waals surface area contributed by atoms with Gasteiger partial charge >= 0.3 is 0 Å². The van der Waals surface area contributed by atoms with Gasteiger partial charge in [0.25, 0.3) is 0 Å². The van der Waals surface area contributed by atoms with Crippen molar-refractivity contribution in [3.8, 4) is 5.75 Å². The first-order chi connectivity index (χ1) is 12.0. The molecule has 0 spiro atoms. The minimum absolute atomic E-state index is 0.0129. The minimum Gasteiger partial charge on any atom is -0.507 e. The van der Waals surface area contributed by atoms with Crippen LogP contribution in [0.3, 0.4) is 0 Å². The Morgan fingerprint density at radius 2 is 1.46 bits per heavy atom. The van der Waals surface area contributed by atoms with Crippen LogP contribution < -0.4 is 0 Å². The molecule has 2 aromatic rings. The first kappa shape index (κ1) is 22.0. The van der Waals surface area contributed by atoms with Crippen LogP contribution in [-0.4, -0.2) is 11.3 Å². The Hall–Kier alpha value is -2.09. The summed E-state index contributed by atoms with van der Waals surface area (Å²) in [6, 6.07) is 12.2. The van der Waals surface area contributed by atoms with Crippen LogP contribution in [0.15, 0.2) is 41.4 Å². The van der Waals surface area contributed by atoms with Crippen LogP contribution in [0.2, 0.25) is 0 Å². The Kier molecular flexibility index (Phi) is 7.20. The molecular weight excluding hydrogens is 318 g/mol. The molecule has 0 amide bonds. The van der Waals surface area contributed by atoms with Gasteiger partial charge in [-0.15, -0.1) is 0 Å². The Morgan fingerprint density at radius 3 is 1.96 bits per heavy atom. The third-order valence-electron chi connectivity index (χ3n) is 4.27. The molecule has 0 saturated heterocycles. The van der Waals surface area contributed by atoms with Crippen molar-refractivity contribution in [2.24, 2.45) is 4.99 Å². The average molecular weight is 354 g/mol. The molecule has 2 aromatic carbocycles. The topological polar surface area (TPSA) is 32.6 Å². The molecule has 0 bridgehead atoms. The zero-order valence-corrected chi connectivity index (χ0v) is 17.9. The smallest absolute Gasteiger partial charge is 0.128 e. The summed E-state index contributed by atoms with van der Waals surface area (Å²) in [6.07, 6.45) is 1.78. The number of hydrogen-bond acceptors (Lipinski definition) is 2. The van der Waals surface area contributed by atoms with Gasteiger partial charge in [-0.3, -0.25) is 4.99 Å². The van der Waals surface area contributed by atoms with Gasteiger partial charge in [-0.05, 0) is 41.0 Å². The summed E-state index contributed by atoms with van der Waals surface area (Å²) < 4.78 is 0. The van der Waals surface area contributed by atoms with Gasteiger partial charge in [0.1, 0.15) is 5.75 Å². The van der Waals surface area contributed by atoms with Crippen LogP contribution in [0.25, 0.3) is 0 Å². The van der Waals surface area contributed by atoms with Crippen molar-refractivity contribution in [3.63, 3.8) is 0 Å². The molecule has 2 nitrogen and oxygen atoms in total. The number of nitrogens with zero attached hydrogens (tertiary/aromatic N) is 1. The van der Waals surface area contributed by atoms with Crippen LogP contribution >= 0.6 is 0 Å². The molecule has 142 valence electrons. The highest BCUT2D eigenvalue weighted by atomic mass is 16.3. The molecule has 0 aromatic heterocycles. The van der Waals surface area contributed by atoms with Gasteiger partial charge in [-0.25, -0.2) is 0 Å². The van der Waals surface area contributed by atoms with Crippen molar-refractivity contribution in [2.45, 2.75) is 73.1 Å². The maximum Gasteiger partial charge on any atom is 0.128 e. The lowest BCUT2D eigenvalue weighted by Gasteiger charge is -2.27. The van der Waals surface area contributed by atoms with Gasteiger partial charge in [-0.1, -0.05) is 79.7 Å². The summed E-state index contributed by atoms with van der Waals surface area (Å²) in [5, 5.41) is 10.8. The Balaban J connectivity index is 0.00000163. The molecule has 0 aliphatic heterocycles. The molecule has 1 N–H and O–H groups in total. The standard InChI is InChI=1S/C22H29NO.C2H6/c1-15-10-8-9-11-19(15)23-14-16-12-17(21(2,3)4)13-18(20(16)24)22(5,6)7;1-2/h8-14,24H,1-7H3;1-2H3. The van der Waals surface area contributed by atoms with E-state index in [1.54, 1.807) is 6.21 Å². The van der Waals surface area contributed by atoms with Gasteiger partial charge in [0.05, 0.1) is 5.69 Å². The summed E-state index contributed by atoms with van der Waals surface area (Å²) >= 11 is 0. The van der Waals surface area contributed by atoms with Crippen molar-refractivity contribution in [1.29, 1.82) is 0 Å². The fraction of sp³-hybridized carbons (Fsp3) is 0.458.